The Labute approximate surface area is 137 Å². The molecule has 1 atom stereocenters. The lowest BCUT2D eigenvalue weighted by Gasteiger charge is -2.15. The second-order valence-corrected chi connectivity index (χ2v) is 6.01. The summed E-state index contributed by atoms with van der Waals surface area (Å²) < 4.78 is 23.5. The van der Waals surface area contributed by atoms with Gasteiger partial charge in [-0.05, 0) is 43.6 Å². The van der Waals surface area contributed by atoms with Crippen molar-refractivity contribution in [3.8, 4) is 0 Å². The SMILES string of the molecule is COC(=O)[C@@H](CCSC)NC(=O)c1oc2ccc(F)cc2c1C. The second kappa shape index (κ2) is 7.50. The molecule has 0 spiro atoms. The molecule has 1 aromatic heterocycles. The summed E-state index contributed by atoms with van der Waals surface area (Å²) in [6.45, 7) is 1.68. The third-order valence-electron chi connectivity index (χ3n) is 3.51. The van der Waals surface area contributed by atoms with Crippen LogP contribution in [0.25, 0.3) is 11.0 Å². The fraction of sp³-hybridized carbons (Fsp3) is 0.375. The number of thioether (sulfide) groups is 1. The molecule has 7 heteroatoms. The molecule has 2 rings (SSSR count). The largest absolute Gasteiger partial charge is 0.467 e. The van der Waals surface area contributed by atoms with E-state index in [1.807, 2.05) is 6.26 Å². The molecule has 1 aromatic carbocycles. The minimum absolute atomic E-state index is 0.0728. The summed E-state index contributed by atoms with van der Waals surface area (Å²) in [5.74, 6) is -0.656. The van der Waals surface area contributed by atoms with Crippen molar-refractivity contribution in [1.29, 1.82) is 0 Å². The van der Waals surface area contributed by atoms with Gasteiger partial charge in [0.2, 0.25) is 0 Å². The van der Waals surface area contributed by atoms with Gasteiger partial charge in [0, 0.05) is 10.9 Å². The highest BCUT2D eigenvalue weighted by Crippen LogP contribution is 2.26. The summed E-state index contributed by atoms with van der Waals surface area (Å²) >= 11 is 1.57. The molecule has 0 saturated carbocycles. The molecule has 0 saturated heterocycles. The number of ether oxygens (including phenoxy) is 1. The van der Waals surface area contributed by atoms with Crippen molar-refractivity contribution in [3.63, 3.8) is 0 Å². The van der Waals surface area contributed by atoms with E-state index in [0.29, 0.717) is 28.7 Å². The van der Waals surface area contributed by atoms with Gasteiger partial charge in [-0.15, -0.1) is 0 Å². The van der Waals surface area contributed by atoms with E-state index in [1.54, 1.807) is 18.7 Å². The first kappa shape index (κ1) is 17.3. The van der Waals surface area contributed by atoms with Crippen molar-refractivity contribution < 1.29 is 23.1 Å². The number of benzene rings is 1. The second-order valence-electron chi connectivity index (χ2n) is 5.03. The Morgan fingerprint density at radius 1 is 1.43 bits per heavy atom. The van der Waals surface area contributed by atoms with E-state index in [1.165, 1.54) is 25.3 Å². The number of esters is 1. The first-order chi connectivity index (χ1) is 11.0. The van der Waals surface area contributed by atoms with Crippen molar-refractivity contribution in [2.75, 3.05) is 19.1 Å². The van der Waals surface area contributed by atoms with Crippen molar-refractivity contribution >= 4 is 34.6 Å². The Balaban J connectivity index is 2.25. The first-order valence-electron chi connectivity index (χ1n) is 7.04. The van der Waals surface area contributed by atoms with Gasteiger partial charge in [-0.3, -0.25) is 4.79 Å². The van der Waals surface area contributed by atoms with Crippen LogP contribution in [0.4, 0.5) is 4.39 Å². The van der Waals surface area contributed by atoms with Crippen LogP contribution in [0, 0.1) is 12.7 Å². The number of furan rings is 1. The van der Waals surface area contributed by atoms with E-state index >= 15 is 0 Å². The number of methoxy groups -OCH3 is 1. The van der Waals surface area contributed by atoms with E-state index in [0.717, 1.165) is 0 Å². The smallest absolute Gasteiger partial charge is 0.328 e. The fourth-order valence-electron chi connectivity index (χ4n) is 2.26. The highest BCUT2D eigenvalue weighted by molar-refractivity contribution is 7.98. The van der Waals surface area contributed by atoms with Gasteiger partial charge in [0.1, 0.15) is 17.4 Å². The van der Waals surface area contributed by atoms with Gasteiger partial charge in [-0.2, -0.15) is 11.8 Å². The van der Waals surface area contributed by atoms with Gasteiger partial charge in [-0.1, -0.05) is 0 Å². The highest BCUT2D eigenvalue weighted by Gasteiger charge is 2.25. The van der Waals surface area contributed by atoms with Crippen LogP contribution < -0.4 is 5.32 Å². The number of carbonyl (C=O) groups is 2. The van der Waals surface area contributed by atoms with Crippen LogP contribution in [0.5, 0.6) is 0 Å². The molecule has 5 nitrogen and oxygen atoms in total. The summed E-state index contributed by atoms with van der Waals surface area (Å²) in [4.78, 5) is 24.2. The lowest BCUT2D eigenvalue weighted by atomic mass is 10.1. The van der Waals surface area contributed by atoms with Crippen LogP contribution in [0.15, 0.2) is 22.6 Å². The average molecular weight is 339 g/mol. The maximum absolute atomic E-state index is 13.3. The Kier molecular flexibility index (Phi) is 5.65. The molecule has 0 fully saturated rings. The van der Waals surface area contributed by atoms with E-state index in [-0.39, 0.29) is 5.76 Å². The number of hydrogen-bond donors (Lipinski definition) is 1. The van der Waals surface area contributed by atoms with Gasteiger partial charge in [0.15, 0.2) is 5.76 Å². The molecule has 0 aliphatic heterocycles. The highest BCUT2D eigenvalue weighted by atomic mass is 32.2. The van der Waals surface area contributed by atoms with Crippen LogP contribution in [0.3, 0.4) is 0 Å². The van der Waals surface area contributed by atoms with Gasteiger partial charge in [0.05, 0.1) is 7.11 Å². The minimum Gasteiger partial charge on any atom is -0.467 e. The average Bonchev–Trinajstić information content (AvgIpc) is 2.87. The number of aryl methyl sites for hydroxylation is 1. The molecule has 0 aliphatic carbocycles. The predicted octanol–water partition coefficient (Wildman–Crippen LogP) is 2.90. The van der Waals surface area contributed by atoms with Crippen LogP contribution in [-0.2, 0) is 9.53 Å². The lowest BCUT2D eigenvalue weighted by molar-refractivity contribution is -0.142. The van der Waals surface area contributed by atoms with Gasteiger partial charge in [0.25, 0.3) is 5.91 Å². The van der Waals surface area contributed by atoms with E-state index in [2.05, 4.69) is 5.32 Å². The molecule has 0 radical (unpaired) electrons. The summed E-state index contributed by atoms with van der Waals surface area (Å²) in [6.07, 6.45) is 2.36. The number of carbonyl (C=O) groups excluding carboxylic acids is 2. The monoisotopic (exact) mass is 339 g/mol. The zero-order chi connectivity index (χ0) is 17.0. The number of nitrogens with one attached hydrogen (secondary N) is 1. The molecule has 0 bridgehead atoms. The molecule has 23 heavy (non-hydrogen) atoms. The number of amides is 1. The van der Waals surface area contributed by atoms with Crippen molar-refractivity contribution in [1.82, 2.24) is 5.32 Å². The molecule has 0 aliphatic rings. The third kappa shape index (κ3) is 3.85. The van der Waals surface area contributed by atoms with Crippen LogP contribution in [0.2, 0.25) is 0 Å². The van der Waals surface area contributed by atoms with Crippen molar-refractivity contribution in [2.24, 2.45) is 0 Å². The molecule has 1 heterocycles. The van der Waals surface area contributed by atoms with E-state index in [4.69, 9.17) is 9.15 Å². The zero-order valence-electron chi connectivity index (χ0n) is 13.1. The Morgan fingerprint density at radius 3 is 2.83 bits per heavy atom. The van der Waals surface area contributed by atoms with Crippen LogP contribution in [-0.4, -0.2) is 37.0 Å². The van der Waals surface area contributed by atoms with Crippen molar-refractivity contribution in [3.05, 3.63) is 35.3 Å². The maximum atomic E-state index is 13.3. The van der Waals surface area contributed by atoms with Gasteiger partial charge >= 0.3 is 5.97 Å². The Hall–Kier alpha value is -2.02. The molecule has 0 unspecified atom stereocenters. The number of halogens is 1. The van der Waals surface area contributed by atoms with Gasteiger partial charge in [-0.25, -0.2) is 9.18 Å². The fourth-order valence-corrected chi connectivity index (χ4v) is 2.73. The Morgan fingerprint density at radius 2 is 2.17 bits per heavy atom. The normalized spacial score (nSPS) is 12.2. The molecular weight excluding hydrogens is 321 g/mol. The van der Waals surface area contributed by atoms with Crippen LogP contribution >= 0.6 is 11.8 Å². The first-order valence-corrected chi connectivity index (χ1v) is 8.43. The quantitative estimate of drug-likeness (QED) is 0.820. The molecule has 1 N–H and O–H groups in total. The number of hydrogen-bond acceptors (Lipinski definition) is 5. The standard InChI is InChI=1S/C16H18FNO4S/c1-9-11-8-10(17)4-5-13(11)22-14(9)15(19)18-12(6-7-23-3)16(20)21-2/h4-5,8,12H,6-7H2,1-3H3,(H,18,19)/t12-/m1/s1. The summed E-state index contributed by atoms with van der Waals surface area (Å²) in [6, 6.07) is 3.31. The minimum atomic E-state index is -0.746. The third-order valence-corrected chi connectivity index (χ3v) is 4.15. The van der Waals surface area contributed by atoms with Gasteiger partial charge < -0.3 is 14.5 Å². The van der Waals surface area contributed by atoms with Crippen molar-refractivity contribution in [2.45, 2.75) is 19.4 Å². The predicted molar refractivity (Wildman–Crippen MR) is 87.2 cm³/mol. The number of rotatable bonds is 6. The molecule has 2 aromatic rings. The van der Waals surface area contributed by atoms with Crippen LogP contribution in [0.1, 0.15) is 22.5 Å². The maximum Gasteiger partial charge on any atom is 0.328 e. The summed E-state index contributed by atoms with van der Waals surface area (Å²) in [7, 11) is 1.27. The number of fused-ring (bicyclic) bond motifs is 1. The lowest BCUT2D eigenvalue weighted by Crippen LogP contribution is -2.42. The summed E-state index contributed by atoms with van der Waals surface area (Å²) in [5.41, 5.74) is 0.957. The molecule has 1 amide bonds. The molecular formula is C16H18FNO4S. The molecule has 124 valence electrons. The topological polar surface area (TPSA) is 68.5 Å². The summed E-state index contributed by atoms with van der Waals surface area (Å²) in [5, 5.41) is 3.16. The van der Waals surface area contributed by atoms with E-state index in [9.17, 15) is 14.0 Å². The Bertz CT molecular complexity index is 728. The van der Waals surface area contributed by atoms with E-state index < -0.39 is 23.7 Å². The zero-order valence-corrected chi connectivity index (χ0v) is 14.0.